The van der Waals surface area contributed by atoms with Crippen molar-refractivity contribution in [3.8, 4) is 0 Å². The van der Waals surface area contributed by atoms with Crippen LogP contribution in [0.2, 0.25) is 0 Å². The summed E-state index contributed by atoms with van der Waals surface area (Å²) in [6, 6.07) is 1.47. The number of rotatable bonds is 5. The second kappa shape index (κ2) is 5.28. The molecule has 0 spiro atoms. The SMILES string of the molecule is COC1CCN(c2nc(CNC3CC3)co2)CC1. The topological polar surface area (TPSA) is 50.5 Å². The second-order valence-corrected chi connectivity index (χ2v) is 5.20. The first-order chi connectivity index (χ1) is 8.85. The number of hydrogen-bond donors (Lipinski definition) is 1. The van der Waals surface area contributed by atoms with E-state index in [1.807, 2.05) is 0 Å². The van der Waals surface area contributed by atoms with Gasteiger partial charge in [-0.15, -0.1) is 0 Å². The molecule has 18 heavy (non-hydrogen) atoms. The third-order valence-corrected chi connectivity index (χ3v) is 3.73. The lowest BCUT2D eigenvalue weighted by Crippen LogP contribution is -2.36. The van der Waals surface area contributed by atoms with Crippen molar-refractivity contribution >= 4 is 6.01 Å². The summed E-state index contributed by atoms with van der Waals surface area (Å²) in [5, 5.41) is 3.44. The number of ether oxygens (including phenoxy) is 1. The van der Waals surface area contributed by atoms with Crippen LogP contribution in [0.1, 0.15) is 31.4 Å². The average Bonchev–Trinajstić information content (AvgIpc) is 3.14. The summed E-state index contributed by atoms with van der Waals surface area (Å²) in [7, 11) is 1.78. The Balaban J connectivity index is 1.52. The van der Waals surface area contributed by atoms with Gasteiger partial charge in [-0.3, -0.25) is 0 Å². The molecule has 0 radical (unpaired) electrons. The van der Waals surface area contributed by atoms with E-state index in [1.165, 1.54) is 12.8 Å². The zero-order valence-corrected chi connectivity index (χ0v) is 10.9. The van der Waals surface area contributed by atoms with Gasteiger partial charge in [0.1, 0.15) is 6.26 Å². The maximum atomic E-state index is 5.56. The van der Waals surface area contributed by atoms with E-state index in [4.69, 9.17) is 9.15 Å². The molecule has 3 rings (SSSR count). The van der Waals surface area contributed by atoms with E-state index < -0.39 is 0 Å². The van der Waals surface area contributed by atoms with Crippen molar-refractivity contribution in [3.63, 3.8) is 0 Å². The molecule has 1 aromatic rings. The summed E-state index contributed by atoms with van der Waals surface area (Å²) < 4.78 is 10.9. The smallest absolute Gasteiger partial charge is 0.297 e. The van der Waals surface area contributed by atoms with Crippen molar-refractivity contribution in [2.75, 3.05) is 25.1 Å². The molecule has 1 saturated heterocycles. The Morgan fingerprint density at radius 2 is 2.17 bits per heavy atom. The zero-order valence-electron chi connectivity index (χ0n) is 10.9. The van der Waals surface area contributed by atoms with Gasteiger partial charge in [0.25, 0.3) is 6.01 Å². The van der Waals surface area contributed by atoms with Gasteiger partial charge >= 0.3 is 0 Å². The Hall–Kier alpha value is -1.07. The first kappa shape index (κ1) is 12.0. The highest BCUT2D eigenvalue weighted by molar-refractivity contribution is 5.27. The van der Waals surface area contributed by atoms with Crippen molar-refractivity contribution in [2.24, 2.45) is 0 Å². The Bertz CT molecular complexity index is 381. The monoisotopic (exact) mass is 251 g/mol. The molecule has 0 atom stereocenters. The fourth-order valence-corrected chi connectivity index (χ4v) is 2.34. The lowest BCUT2D eigenvalue weighted by Gasteiger charge is -2.29. The van der Waals surface area contributed by atoms with Gasteiger partial charge in [0.15, 0.2) is 0 Å². The van der Waals surface area contributed by atoms with E-state index in [9.17, 15) is 0 Å². The molecule has 0 unspecified atom stereocenters. The standard InChI is InChI=1S/C13H21N3O2/c1-17-12-4-6-16(7-5-12)13-15-11(9-18-13)8-14-10-2-3-10/h9-10,12,14H,2-8H2,1H3. The number of oxazole rings is 1. The van der Waals surface area contributed by atoms with Crippen LogP contribution in [0.4, 0.5) is 6.01 Å². The number of methoxy groups -OCH3 is 1. The highest BCUT2D eigenvalue weighted by Crippen LogP contribution is 2.22. The Morgan fingerprint density at radius 3 is 2.83 bits per heavy atom. The molecule has 1 aromatic heterocycles. The Labute approximate surface area is 108 Å². The van der Waals surface area contributed by atoms with Crippen LogP contribution in [0.25, 0.3) is 0 Å². The summed E-state index contributed by atoms with van der Waals surface area (Å²) >= 11 is 0. The first-order valence-electron chi connectivity index (χ1n) is 6.80. The molecule has 1 N–H and O–H groups in total. The molecule has 1 aliphatic carbocycles. The zero-order chi connectivity index (χ0) is 12.4. The number of piperidine rings is 1. The van der Waals surface area contributed by atoms with E-state index in [-0.39, 0.29) is 0 Å². The number of anilines is 1. The molecule has 1 saturated carbocycles. The van der Waals surface area contributed by atoms with Crippen LogP contribution in [-0.4, -0.2) is 37.3 Å². The van der Waals surface area contributed by atoms with E-state index in [1.54, 1.807) is 13.4 Å². The third-order valence-electron chi connectivity index (χ3n) is 3.73. The van der Waals surface area contributed by atoms with Crippen LogP contribution < -0.4 is 10.2 Å². The quantitative estimate of drug-likeness (QED) is 0.860. The van der Waals surface area contributed by atoms with Crippen molar-refractivity contribution in [2.45, 2.75) is 44.4 Å². The lowest BCUT2D eigenvalue weighted by atomic mass is 10.1. The molecule has 0 amide bonds. The van der Waals surface area contributed by atoms with Crippen LogP contribution >= 0.6 is 0 Å². The molecular formula is C13H21N3O2. The fraction of sp³-hybridized carbons (Fsp3) is 0.769. The predicted octanol–water partition coefficient (Wildman–Crippen LogP) is 1.54. The normalized spacial score (nSPS) is 21.5. The number of nitrogens with one attached hydrogen (secondary N) is 1. The van der Waals surface area contributed by atoms with Crippen LogP contribution in [0, 0.1) is 0 Å². The summed E-state index contributed by atoms with van der Waals surface area (Å²) in [5.74, 6) is 0. The van der Waals surface area contributed by atoms with Crippen LogP contribution in [0.15, 0.2) is 10.7 Å². The van der Waals surface area contributed by atoms with Gasteiger partial charge in [0, 0.05) is 32.8 Å². The maximum Gasteiger partial charge on any atom is 0.297 e. The van der Waals surface area contributed by atoms with Gasteiger partial charge in [-0.25, -0.2) is 0 Å². The highest BCUT2D eigenvalue weighted by Gasteiger charge is 2.23. The van der Waals surface area contributed by atoms with Gasteiger partial charge in [-0.2, -0.15) is 4.98 Å². The molecule has 2 aliphatic rings. The van der Waals surface area contributed by atoms with Gasteiger partial charge < -0.3 is 19.4 Å². The number of nitrogens with zero attached hydrogens (tertiary/aromatic N) is 2. The average molecular weight is 251 g/mol. The summed E-state index contributed by atoms with van der Waals surface area (Å²) in [6.45, 7) is 2.76. The summed E-state index contributed by atoms with van der Waals surface area (Å²) in [5.41, 5.74) is 1.01. The Kier molecular flexibility index (Phi) is 3.52. The van der Waals surface area contributed by atoms with Crippen LogP contribution in [0.3, 0.4) is 0 Å². The highest BCUT2D eigenvalue weighted by atomic mass is 16.5. The van der Waals surface area contributed by atoms with Gasteiger partial charge in [0.05, 0.1) is 11.8 Å². The first-order valence-corrected chi connectivity index (χ1v) is 6.80. The van der Waals surface area contributed by atoms with E-state index >= 15 is 0 Å². The van der Waals surface area contributed by atoms with Crippen molar-refractivity contribution in [1.82, 2.24) is 10.3 Å². The maximum absolute atomic E-state index is 5.56. The van der Waals surface area contributed by atoms with Crippen molar-refractivity contribution in [1.29, 1.82) is 0 Å². The largest absolute Gasteiger partial charge is 0.432 e. The number of hydrogen-bond acceptors (Lipinski definition) is 5. The van der Waals surface area contributed by atoms with Crippen LogP contribution in [0.5, 0.6) is 0 Å². The van der Waals surface area contributed by atoms with Crippen LogP contribution in [-0.2, 0) is 11.3 Å². The lowest BCUT2D eigenvalue weighted by molar-refractivity contribution is 0.0811. The molecule has 0 aromatic carbocycles. The molecule has 0 bridgehead atoms. The minimum atomic E-state index is 0.396. The van der Waals surface area contributed by atoms with Gasteiger partial charge in [0.2, 0.25) is 0 Å². The van der Waals surface area contributed by atoms with Gasteiger partial charge in [-0.1, -0.05) is 0 Å². The fourth-order valence-electron chi connectivity index (χ4n) is 2.34. The minimum Gasteiger partial charge on any atom is -0.432 e. The molecule has 2 fully saturated rings. The molecule has 2 heterocycles. The molecule has 1 aliphatic heterocycles. The summed E-state index contributed by atoms with van der Waals surface area (Å²) in [4.78, 5) is 6.74. The van der Waals surface area contributed by atoms with E-state index in [0.29, 0.717) is 12.1 Å². The Morgan fingerprint density at radius 1 is 1.39 bits per heavy atom. The van der Waals surface area contributed by atoms with Crippen molar-refractivity contribution < 1.29 is 9.15 Å². The third kappa shape index (κ3) is 2.84. The molecular weight excluding hydrogens is 230 g/mol. The van der Waals surface area contributed by atoms with Crippen molar-refractivity contribution in [3.05, 3.63) is 12.0 Å². The number of aromatic nitrogens is 1. The second-order valence-electron chi connectivity index (χ2n) is 5.20. The minimum absolute atomic E-state index is 0.396. The molecule has 5 heteroatoms. The van der Waals surface area contributed by atoms with E-state index in [0.717, 1.165) is 44.2 Å². The summed E-state index contributed by atoms with van der Waals surface area (Å²) in [6.07, 6.45) is 6.87. The van der Waals surface area contributed by atoms with Gasteiger partial charge in [-0.05, 0) is 25.7 Å². The molecule has 5 nitrogen and oxygen atoms in total. The molecule has 100 valence electrons. The van der Waals surface area contributed by atoms with E-state index in [2.05, 4.69) is 15.2 Å². The predicted molar refractivity (Wildman–Crippen MR) is 68.6 cm³/mol.